The molecular formula is C16H22N2O2. The molecule has 1 aromatic rings. The number of aliphatic hydroxyl groups excluding tert-OH is 1. The molecule has 0 amide bonds. The average Bonchev–Trinajstić information content (AvgIpc) is 2.85. The molecule has 4 nitrogen and oxygen atoms in total. The van der Waals surface area contributed by atoms with Gasteiger partial charge < -0.3 is 9.84 Å². The number of ether oxygens (including phenoxy) is 1. The van der Waals surface area contributed by atoms with Gasteiger partial charge in [0.05, 0.1) is 6.07 Å². The van der Waals surface area contributed by atoms with Crippen molar-refractivity contribution in [1.29, 1.82) is 5.26 Å². The summed E-state index contributed by atoms with van der Waals surface area (Å²) in [6.45, 7) is 2.99. The number of nitriles is 1. The molecule has 0 aromatic heterocycles. The molecule has 108 valence electrons. The Kier molecular flexibility index (Phi) is 4.99. The van der Waals surface area contributed by atoms with E-state index in [1.54, 1.807) is 0 Å². The molecule has 0 radical (unpaired) electrons. The Bertz CT molecular complexity index is 466. The molecular weight excluding hydrogens is 252 g/mol. The molecule has 0 heterocycles. The highest BCUT2D eigenvalue weighted by atomic mass is 16.5. The van der Waals surface area contributed by atoms with Crippen molar-refractivity contribution in [3.63, 3.8) is 0 Å². The van der Waals surface area contributed by atoms with Gasteiger partial charge in [-0.15, -0.1) is 0 Å². The van der Waals surface area contributed by atoms with Crippen molar-refractivity contribution in [3.05, 3.63) is 29.8 Å². The Morgan fingerprint density at radius 3 is 2.80 bits per heavy atom. The van der Waals surface area contributed by atoms with Crippen LogP contribution in [-0.2, 0) is 6.42 Å². The van der Waals surface area contributed by atoms with Crippen LogP contribution in [-0.4, -0.2) is 29.9 Å². The molecule has 0 bridgehead atoms. The number of hydrogen-bond acceptors (Lipinski definition) is 4. The van der Waals surface area contributed by atoms with Gasteiger partial charge in [-0.25, -0.2) is 0 Å². The van der Waals surface area contributed by atoms with Gasteiger partial charge in [-0.2, -0.15) is 5.26 Å². The quantitative estimate of drug-likeness (QED) is 0.833. The molecule has 0 saturated heterocycles. The van der Waals surface area contributed by atoms with Crippen LogP contribution in [0.2, 0.25) is 0 Å². The van der Waals surface area contributed by atoms with Gasteiger partial charge in [0.15, 0.2) is 0 Å². The van der Waals surface area contributed by atoms with Crippen molar-refractivity contribution in [2.45, 2.75) is 44.2 Å². The Hall–Kier alpha value is -1.57. The third-order valence-corrected chi connectivity index (χ3v) is 3.82. The van der Waals surface area contributed by atoms with Crippen LogP contribution < -0.4 is 10.1 Å². The Morgan fingerprint density at radius 2 is 2.20 bits per heavy atom. The summed E-state index contributed by atoms with van der Waals surface area (Å²) in [4.78, 5) is 0. The maximum absolute atomic E-state index is 9.34. The lowest BCUT2D eigenvalue weighted by Gasteiger charge is -2.22. The highest BCUT2D eigenvalue weighted by molar-refractivity contribution is 5.28. The summed E-state index contributed by atoms with van der Waals surface area (Å²) < 4.78 is 5.96. The van der Waals surface area contributed by atoms with Crippen molar-refractivity contribution in [2.24, 2.45) is 0 Å². The molecule has 1 aliphatic carbocycles. The van der Waals surface area contributed by atoms with Gasteiger partial charge in [0, 0.05) is 13.0 Å². The van der Waals surface area contributed by atoms with Gasteiger partial charge in [0.1, 0.15) is 17.4 Å². The lowest BCUT2D eigenvalue weighted by Crippen LogP contribution is -2.42. The maximum atomic E-state index is 9.34. The zero-order valence-corrected chi connectivity index (χ0v) is 11.9. The first-order chi connectivity index (χ1) is 9.71. The number of aliphatic hydroxyl groups is 1. The van der Waals surface area contributed by atoms with Crippen molar-refractivity contribution in [2.75, 3.05) is 13.2 Å². The highest BCUT2D eigenvalue weighted by Crippen LogP contribution is 2.32. The molecule has 0 aliphatic heterocycles. The molecule has 0 spiro atoms. The molecule has 1 saturated carbocycles. The molecule has 1 aromatic carbocycles. The van der Waals surface area contributed by atoms with E-state index in [4.69, 9.17) is 9.84 Å². The second-order valence-electron chi connectivity index (χ2n) is 5.32. The number of nitrogens with one attached hydrogen (secondary N) is 1. The van der Waals surface area contributed by atoms with Crippen molar-refractivity contribution in [3.8, 4) is 11.8 Å². The fourth-order valence-electron chi connectivity index (χ4n) is 2.80. The molecule has 2 unspecified atom stereocenters. The Labute approximate surface area is 120 Å². The van der Waals surface area contributed by atoms with E-state index in [2.05, 4.69) is 11.4 Å². The van der Waals surface area contributed by atoms with Gasteiger partial charge in [-0.1, -0.05) is 19.1 Å². The summed E-state index contributed by atoms with van der Waals surface area (Å²) in [5.74, 6) is 0.835. The normalized spacial score (nSPS) is 25.4. The minimum atomic E-state index is -0.420. The second-order valence-corrected chi connectivity index (χ2v) is 5.32. The van der Waals surface area contributed by atoms with E-state index < -0.39 is 5.54 Å². The lowest BCUT2D eigenvalue weighted by molar-refractivity contribution is 0.201. The monoisotopic (exact) mass is 274 g/mol. The summed E-state index contributed by atoms with van der Waals surface area (Å²) in [5.41, 5.74) is 0.682. The molecule has 4 heteroatoms. The average molecular weight is 274 g/mol. The van der Waals surface area contributed by atoms with E-state index in [1.807, 2.05) is 31.2 Å². The van der Waals surface area contributed by atoms with Crippen LogP contribution in [0.5, 0.6) is 5.75 Å². The Morgan fingerprint density at radius 1 is 1.45 bits per heavy atom. The molecule has 2 N–H and O–H groups in total. The molecule has 1 aliphatic rings. The zero-order chi connectivity index (χ0) is 14.4. The van der Waals surface area contributed by atoms with Crippen LogP contribution in [0.4, 0.5) is 0 Å². The number of benzene rings is 1. The molecule has 1 fully saturated rings. The summed E-state index contributed by atoms with van der Waals surface area (Å²) in [7, 11) is 0. The summed E-state index contributed by atoms with van der Waals surface area (Å²) in [5, 5.41) is 21.5. The predicted octanol–water partition coefficient (Wildman–Crippen LogP) is 2.02. The highest BCUT2D eigenvalue weighted by Gasteiger charge is 2.39. The Balaban J connectivity index is 1.93. The van der Waals surface area contributed by atoms with E-state index in [1.165, 1.54) is 0 Å². The maximum Gasteiger partial charge on any atom is 0.119 e. The fraction of sp³-hybridized carbons (Fsp3) is 0.562. The van der Waals surface area contributed by atoms with Crippen LogP contribution in [0.1, 0.15) is 31.7 Å². The van der Waals surface area contributed by atoms with E-state index in [9.17, 15) is 5.26 Å². The minimum absolute atomic E-state index is 0.0948. The first kappa shape index (κ1) is 14.8. The van der Waals surface area contributed by atoms with Crippen molar-refractivity contribution >= 4 is 0 Å². The molecule has 2 atom stereocenters. The third-order valence-electron chi connectivity index (χ3n) is 3.82. The topological polar surface area (TPSA) is 65.3 Å². The second kappa shape index (κ2) is 6.74. The lowest BCUT2D eigenvalue weighted by atomic mass is 10.00. The van der Waals surface area contributed by atoms with Gasteiger partial charge in [-0.05, 0) is 43.5 Å². The van der Waals surface area contributed by atoms with Crippen LogP contribution in [0.25, 0.3) is 0 Å². The number of hydrogen-bond donors (Lipinski definition) is 2. The first-order valence-corrected chi connectivity index (χ1v) is 7.24. The van der Waals surface area contributed by atoms with Crippen LogP contribution in [0.15, 0.2) is 24.3 Å². The fourth-order valence-corrected chi connectivity index (χ4v) is 2.80. The van der Waals surface area contributed by atoms with E-state index in [0.29, 0.717) is 6.42 Å². The SMILES string of the molecule is CCNC1(C#N)CCC(Oc2ccc(CCO)cc2)C1. The van der Waals surface area contributed by atoms with Gasteiger partial charge in [-0.3, -0.25) is 5.32 Å². The molecule has 2 rings (SSSR count). The van der Waals surface area contributed by atoms with E-state index >= 15 is 0 Å². The largest absolute Gasteiger partial charge is 0.490 e. The van der Waals surface area contributed by atoms with Gasteiger partial charge >= 0.3 is 0 Å². The summed E-state index contributed by atoms with van der Waals surface area (Å²) in [6, 6.07) is 10.2. The number of rotatable bonds is 6. The van der Waals surface area contributed by atoms with Crippen LogP contribution in [0.3, 0.4) is 0 Å². The smallest absolute Gasteiger partial charge is 0.119 e. The zero-order valence-electron chi connectivity index (χ0n) is 11.9. The van der Waals surface area contributed by atoms with Crippen LogP contribution >= 0.6 is 0 Å². The van der Waals surface area contributed by atoms with E-state index in [-0.39, 0.29) is 12.7 Å². The number of nitrogens with zero attached hydrogens (tertiary/aromatic N) is 1. The first-order valence-electron chi connectivity index (χ1n) is 7.24. The van der Waals surface area contributed by atoms with Gasteiger partial charge in [0.25, 0.3) is 0 Å². The summed E-state index contributed by atoms with van der Waals surface area (Å²) in [6.07, 6.45) is 3.23. The van der Waals surface area contributed by atoms with Crippen LogP contribution in [0, 0.1) is 11.3 Å². The summed E-state index contributed by atoms with van der Waals surface area (Å²) >= 11 is 0. The third kappa shape index (κ3) is 3.50. The molecule has 20 heavy (non-hydrogen) atoms. The van der Waals surface area contributed by atoms with Crippen molar-refractivity contribution in [1.82, 2.24) is 5.32 Å². The van der Waals surface area contributed by atoms with Gasteiger partial charge in [0.2, 0.25) is 0 Å². The van der Waals surface area contributed by atoms with E-state index in [0.717, 1.165) is 37.1 Å². The minimum Gasteiger partial charge on any atom is -0.490 e. The standard InChI is InChI=1S/C16H22N2O2/c1-2-18-16(12-17)9-7-15(11-16)20-14-5-3-13(4-6-14)8-10-19/h3-6,15,18-19H,2,7-11H2,1H3. The predicted molar refractivity (Wildman–Crippen MR) is 77.5 cm³/mol. The van der Waals surface area contributed by atoms with Crippen molar-refractivity contribution < 1.29 is 9.84 Å².